The number of rotatable bonds is 5. The lowest BCUT2D eigenvalue weighted by molar-refractivity contribution is 1.15. The van der Waals surface area contributed by atoms with Gasteiger partial charge in [-0.1, -0.05) is 41.5 Å². The van der Waals surface area contributed by atoms with Crippen molar-refractivity contribution in [2.75, 3.05) is 11.5 Å². The molecule has 2 aromatic rings. The van der Waals surface area contributed by atoms with Gasteiger partial charge in [0.2, 0.25) is 0 Å². The zero-order chi connectivity index (χ0) is 13.7. The summed E-state index contributed by atoms with van der Waals surface area (Å²) in [5.74, 6) is 2.24. The Labute approximate surface area is 120 Å². The quantitative estimate of drug-likeness (QED) is 0.646. The van der Waals surface area contributed by atoms with Crippen LogP contribution >= 0.6 is 11.8 Å². The van der Waals surface area contributed by atoms with Gasteiger partial charge in [-0.2, -0.15) is 11.8 Å². The molecule has 100 valence electrons. The fourth-order valence-corrected chi connectivity index (χ4v) is 3.14. The normalized spacial score (nSPS) is 10.6. The number of thioether (sulfide) groups is 1. The SMILES string of the molecule is Cc1cc(C)cc(CSCCc2ccc(N)cc2)c1. The molecule has 2 N–H and O–H groups in total. The molecule has 19 heavy (non-hydrogen) atoms. The molecule has 0 amide bonds. The van der Waals surface area contributed by atoms with Crippen LogP contribution in [0.15, 0.2) is 42.5 Å². The lowest BCUT2D eigenvalue weighted by Gasteiger charge is -2.05. The molecular formula is C17H21NS. The fourth-order valence-electron chi connectivity index (χ4n) is 2.22. The molecule has 2 heteroatoms. The summed E-state index contributed by atoms with van der Waals surface area (Å²) in [5, 5.41) is 0. The molecule has 0 radical (unpaired) electrons. The summed E-state index contributed by atoms with van der Waals surface area (Å²) >= 11 is 1.99. The Morgan fingerprint density at radius 2 is 1.53 bits per heavy atom. The third-order valence-corrected chi connectivity index (χ3v) is 4.10. The lowest BCUT2D eigenvalue weighted by atomic mass is 10.1. The molecule has 0 aliphatic carbocycles. The van der Waals surface area contributed by atoms with E-state index < -0.39 is 0 Å². The van der Waals surface area contributed by atoms with E-state index in [4.69, 9.17) is 5.73 Å². The van der Waals surface area contributed by atoms with Gasteiger partial charge in [-0.15, -0.1) is 0 Å². The van der Waals surface area contributed by atoms with Crippen molar-refractivity contribution in [1.82, 2.24) is 0 Å². The van der Waals surface area contributed by atoms with E-state index in [1.165, 1.54) is 22.3 Å². The Morgan fingerprint density at radius 1 is 0.895 bits per heavy atom. The summed E-state index contributed by atoms with van der Waals surface area (Å²) in [6, 6.07) is 15.0. The predicted molar refractivity (Wildman–Crippen MR) is 86.6 cm³/mol. The van der Waals surface area contributed by atoms with Crippen LogP contribution in [-0.2, 0) is 12.2 Å². The molecule has 0 aliphatic rings. The van der Waals surface area contributed by atoms with E-state index in [1.807, 2.05) is 23.9 Å². The first kappa shape index (κ1) is 14.0. The first-order chi connectivity index (χ1) is 9.13. The second-order valence-electron chi connectivity index (χ2n) is 5.04. The van der Waals surface area contributed by atoms with Crippen LogP contribution in [0.25, 0.3) is 0 Å². The highest BCUT2D eigenvalue weighted by molar-refractivity contribution is 7.98. The molecule has 0 heterocycles. The topological polar surface area (TPSA) is 26.0 Å². The maximum atomic E-state index is 5.68. The highest BCUT2D eigenvalue weighted by Crippen LogP contribution is 2.17. The van der Waals surface area contributed by atoms with Gasteiger partial charge in [-0.3, -0.25) is 0 Å². The molecule has 2 rings (SSSR count). The number of anilines is 1. The number of aryl methyl sites for hydroxylation is 3. The van der Waals surface area contributed by atoms with Crippen molar-refractivity contribution in [2.24, 2.45) is 0 Å². The Bertz CT molecular complexity index is 511. The summed E-state index contributed by atoms with van der Waals surface area (Å²) in [6.07, 6.45) is 1.11. The first-order valence-corrected chi connectivity index (χ1v) is 7.78. The van der Waals surface area contributed by atoms with Crippen molar-refractivity contribution in [1.29, 1.82) is 0 Å². The largest absolute Gasteiger partial charge is 0.399 e. The first-order valence-electron chi connectivity index (χ1n) is 6.63. The maximum absolute atomic E-state index is 5.68. The molecule has 0 saturated heterocycles. The van der Waals surface area contributed by atoms with Gasteiger partial charge in [-0.25, -0.2) is 0 Å². The second kappa shape index (κ2) is 6.67. The third kappa shape index (κ3) is 4.64. The number of benzene rings is 2. The van der Waals surface area contributed by atoms with Crippen molar-refractivity contribution in [3.05, 3.63) is 64.7 Å². The summed E-state index contributed by atoms with van der Waals surface area (Å²) in [7, 11) is 0. The highest BCUT2D eigenvalue weighted by atomic mass is 32.2. The summed E-state index contributed by atoms with van der Waals surface area (Å²) in [6.45, 7) is 4.32. The molecule has 0 aliphatic heterocycles. The molecule has 0 bridgehead atoms. The van der Waals surface area contributed by atoms with Crippen LogP contribution in [0.3, 0.4) is 0 Å². The lowest BCUT2D eigenvalue weighted by Crippen LogP contribution is -1.92. The third-order valence-electron chi connectivity index (χ3n) is 3.06. The Hall–Kier alpha value is -1.41. The summed E-state index contributed by atoms with van der Waals surface area (Å²) in [4.78, 5) is 0. The summed E-state index contributed by atoms with van der Waals surface area (Å²) in [5.41, 5.74) is 12.0. The molecule has 0 saturated carbocycles. The average Bonchev–Trinajstić information content (AvgIpc) is 2.36. The van der Waals surface area contributed by atoms with Crippen molar-refractivity contribution >= 4 is 17.4 Å². The molecule has 0 unspecified atom stereocenters. The predicted octanol–water partition coefficient (Wildman–Crippen LogP) is 4.36. The van der Waals surface area contributed by atoms with E-state index in [2.05, 4.69) is 44.2 Å². The van der Waals surface area contributed by atoms with E-state index in [0.717, 1.165) is 23.6 Å². The molecule has 0 aromatic heterocycles. The van der Waals surface area contributed by atoms with Crippen LogP contribution in [0, 0.1) is 13.8 Å². The smallest absolute Gasteiger partial charge is 0.0314 e. The van der Waals surface area contributed by atoms with Crippen LogP contribution in [0.1, 0.15) is 22.3 Å². The number of nitrogens with two attached hydrogens (primary N) is 1. The Morgan fingerprint density at radius 3 is 2.16 bits per heavy atom. The maximum Gasteiger partial charge on any atom is 0.0314 e. The van der Waals surface area contributed by atoms with Crippen LogP contribution in [0.5, 0.6) is 0 Å². The zero-order valence-corrected chi connectivity index (χ0v) is 12.5. The minimum Gasteiger partial charge on any atom is -0.399 e. The molecule has 0 spiro atoms. The van der Waals surface area contributed by atoms with Crippen LogP contribution in [-0.4, -0.2) is 5.75 Å². The zero-order valence-electron chi connectivity index (χ0n) is 11.6. The molecule has 1 nitrogen and oxygen atoms in total. The fraction of sp³-hybridized carbons (Fsp3) is 0.294. The van der Waals surface area contributed by atoms with E-state index in [-0.39, 0.29) is 0 Å². The van der Waals surface area contributed by atoms with Gasteiger partial charge >= 0.3 is 0 Å². The van der Waals surface area contributed by atoms with Gasteiger partial charge in [0.15, 0.2) is 0 Å². The Kier molecular flexibility index (Phi) is 4.92. The minimum atomic E-state index is 0.839. The van der Waals surface area contributed by atoms with Crippen molar-refractivity contribution in [3.63, 3.8) is 0 Å². The van der Waals surface area contributed by atoms with Gasteiger partial charge in [0.1, 0.15) is 0 Å². The van der Waals surface area contributed by atoms with Crippen molar-refractivity contribution in [2.45, 2.75) is 26.0 Å². The number of hydrogen-bond donors (Lipinski definition) is 1. The van der Waals surface area contributed by atoms with Gasteiger partial charge < -0.3 is 5.73 Å². The van der Waals surface area contributed by atoms with Gasteiger partial charge in [0.05, 0.1) is 0 Å². The number of hydrogen-bond acceptors (Lipinski definition) is 2. The van der Waals surface area contributed by atoms with E-state index in [9.17, 15) is 0 Å². The van der Waals surface area contributed by atoms with E-state index in [0.29, 0.717) is 0 Å². The Balaban J connectivity index is 1.79. The van der Waals surface area contributed by atoms with E-state index >= 15 is 0 Å². The number of nitrogen functional groups attached to an aromatic ring is 1. The van der Waals surface area contributed by atoms with Crippen LogP contribution in [0.2, 0.25) is 0 Å². The van der Waals surface area contributed by atoms with Crippen LogP contribution < -0.4 is 5.73 Å². The molecule has 2 aromatic carbocycles. The van der Waals surface area contributed by atoms with Crippen molar-refractivity contribution in [3.8, 4) is 0 Å². The molecular weight excluding hydrogens is 250 g/mol. The van der Waals surface area contributed by atoms with Crippen molar-refractivity contribution < 1.29 is 0 Å². The van der Waals surface area contributed by atoms with E-state index in [1.54, 1.807) is 0 Å². The molecule has 0 atom stereocenters. The average molecular weight is 271 g/mol. The van der Waals surface area contributed by atoms with Crippen LogP contribution in [0.4, 0.5) is 5.69 Å². The second-order valence-corrected chi connectivity index (χ2v) is 6.15. The highest BCUT2D eigenvalue weighted by Gasteiger charge is 1.98. The molecule has 0 fully saturated rings. The minimum absolute atomic E-state index is 0.839. The standard InChI is InChI=1S/C17H21NS/c1-13-9-14(2)11-16(10-13)12-19-8-7-15-3-5-17(18)6-4-15/h3-6,9-11H,7-8,12,18H2,1-2H3. The van der Waals surface area contributed by atoms with Gasteiger partial charge in [0.25, 0.3) is 0 Å². The van der Waals surface area contributed by atoms with Gasteiger partial charge in [-0.05, 0) is 49.3 Å². The summed E-state index contributed by atoms with van der Waals surface area (Å²) < 4.78 is 0. The monoisotopic (exact) mass is 271 g/mol. The van der Waals surface area contributed by atoms with Gasteiger partial charge in [0, 0.05) is 11.4 Å².